The summed E-state index contributed by atoms with van der Waals surface area (Å²) in [4.78, 5) is 2.35. The van der Waals surface area contributed by atoms with Crippen LogP contribution in [0.3, 0.4) is 0 Å². The molecule has 11 heavy (non-hydrogen) atoms. The molecule has 0 aliphatic rings. The van der Waals surface area contributed by atoms with Crippen molar-refractivity contribution in [3.05, 3.63) is 0 Å². The third-order valence-corrected chi connectivity index (χ3v) is 1.83. The molecule has 0 aromatic rings. The van der Waals surface area contributed by atoms with E-state index < -0.39 is 0 Å². The average molecular weight is 158 g/mol. The van der Waals surface area contributed by atoms with Crippen molar-refractivity contribution in [3.63, 3.8) is 0 Å². The van der Waals surface area contributed by atoms with Crippen LogP contribution in [0, 0.1) is 5.92 Å². The van der Waals surface area contributed by atoms with E-state index in [4.69, 9.17) is 5.73 Å². The minimum Gasteiger partial charge on any atom is -0.330 e. The van der Waals surface area contributed by atoms with Gasteiger partial charge in [-0.15, -0.1) is 0 Å². The molecule has 0 bridgehead atoms. The second kappa shape index (κ2) is 6.62. The summed E-state index contributed by atoms with van der Waals surface area (Å²) in [5.74, 6) is 0.815. The first-order valence-corrected chi connectivity index (χ1v) is 4.55. The summed E-state index contributed by atoms with van der Waals surface area (Å²) >= 11 is 0. The van der Waals surface area contributed by atoms with Gasteiger partial charge in [0.15, 0.2) is 0 Å². The summed E-state index contributed by atoms with van der Waals surface area (Å²) in [6.45, 7) is 7.68. The van der Waals surface area contributed by atoms with Gasteiger partial charge >= 0.3 is 0 Å². The zero-order valence-corrected chi connectivity index (χ0v) is 8.14. The smallest absolute Gasteiger partial charge is 0.000977 e. The first-order chi connectivity index (χ1) is 5.16. The first-order valence-electron chi connectivity index (χ1n) is 4.55. The summed E-state index contributed by atoms with van der Waals surface area (Å²) in [6, 6.07) is 0. The Morgan fingerprint density at radius 3 is 2.36 bits per heavy atom. The lowest BCUT2D eigenvalue weighted by atomic mass is 10.1. The van der Waals surface area contributed by atoms with Gasteiger partial charge in [-0.1, -0.05) is 13.8 Å². The van der Waals surface area contributed by atoms with Crippen LogP contribution in [-0.4, -0.2) is 31.6 Å². The van der Waals surface area contributed by atoms with Crippen LogP contribution >= 0.6 is 0 Å². The van der Waals surface area contributed by atoms with Gasteiger partial charge < -0.3 is 10.6 Å². The Hall–Kier alpha value is -0.0800. The van der Waals surface area contributed by atoms with E-state index in [1.54, 1.807) is 0 Å². The first kappa shape index (κ1) is 10.9. The summed E-state index contributed by atoms with van der Waals surface area (Å²) in [5.41, 5.74) is 5.41. The molecule has 2 N–H and O–H groups in total. The number of nitrogens with two attached hydrogens (primary N) is 1. The lowest BCUT2D eigenvalue weighted by molar-refractivity contribution is 0.308. The van der Waals surface area contributed by atoms with Crippen molar-refractivity contribution in [1.82, 2.24) is 4.90 Å². The highest BCUT2D eigenvalue weighted by Gasteiger charge is 1.98. The molecule has 0 rings (SSSR count). The van der Waals surface area contributed by atoms with E-state index in [9.17, 15) is 0 Å². The standard InChI is InChI=1S/C9H22N2/c1-9(2)5-8-11(3)7-4-6-10/h9H,4-8,10H2,1-3H3. The third-order valence-electron chi connectivity index (χ3n) is 1.83. The fraction of sp³-hybridized carbons (Fsp3) is 1.00. The Morgan fingerprint density at radius 2 is 1.91 bits per heavy atom. The molecule has 0 saturated heterocycles. The molecule has 0 spiro atoms. The van der Waals surface area contributed by atoms with Gasteiger partial charge in [-0.05, 0) is 45.4 Å². The third kappa shape index (κ3) is 7.82. The largest absolute Gasteiger partial charge is 0.330 e. The van der Waals surface area contributed by atoms with E-state index in [2.05, 4.69) is 25.8 Å². The number of nitrogens with zero attached hydrogens (tertiary/aromatic N) is 1. The zero-order valence-electron chi connectivity index (χ0n) is 8.14. The number of rotatable bonds is 6. The van der Waals surface area contributed by atoms with E-state index in [1.165, 1.54) is 13.0 Å². The lowest BCUT2D eigenvalue weighted by Gasteiger charge is -2.16. The van der Waals surface area contributed by atoms with E-state index >= 15 is 0 Å². The summed E-state index contributed by atoms with van der Waals surface area (Å²) in [5, 5.41) is 0. The van der Waals surface area contributed by atoms with E-state index in [0.717, 1.165) is 25.4 Å². The Balaban J connectivity index is 3.15. The highest BCUT2D eigenvalue weighted by atomic mass is 15.1. The van der Waals surface area contributed by atoms with Crippen LogP contribution in [0.1, 0.15) is 26.7 Å². The lowest BCUT2D eigenvalue weighted by Crippen LogP contribution is -2.23. The Morgan fingerprint density at radius 1 is 1.27 bits per heavy atom. The minimum atomic E-state index is 0.812. The molecule has 68 valence electrons. The maximum Gasteiger partial charge on any atom is -0.000977 e. The molecule has 0 fully saturated rings. The normalized spacial score (nSPS) is 11.5. The molecule has 0 saturated carbocycles. The molecule has 0 heterocycles. The SMILES string of the molecule is CC(C)CCN(C)CCCN. The minimum absolute atomic E-state index is 0.812. The van der Waals surface area contributed by atoms with Crippen molar-refractivity contribution in [1.29, 1.82) is 0 Å². The van der Waals surface area contributed by atoms with Crippen molar-refractivity contribution < 1.29 is 0 Å². The van der Waals surface area contributed by atoms with Gasteiger partial charge in [0, 0.05) is 0 Å². The predicted molar refractivity (Wildman–Crippen MR) is 50.6 cm³/mol. The molecule has 0 radical (unpaired) electrons. The van der Waals surface area contributed by atoms with Gasteiger partial charge in [0.1, 0.15) is 0 Å². The Labute approximate surface area is 70.8 Å². The second-order valence-corrected chi connectivity index (χ2v) is 3.63. The Bertz CT molecular complexity index is 81.6. The molecule has 0 aromatic carbocycles. The van der Waals surface area contributed by atoms with Gasteiger partial charge in [0.05, 0.1) is 0 Å². The summed E-state index contributed by atoms with van der Waals surface area (Å²) < 4.78 is 0. The van der Waals surface area contributed by atoms with Crippen LogP contribution in [0.4, 0.5) is 0 Å². The van der Waals surface area contributed by atoms with E-state index in [-0.39, 0.29) is 0 Å². The van der Waals surface area contributed by atoms with E-state index in [1.807, 2.05) is 0 Å². The molecule has 0 aromatic heterocycles. The van der Waals surface area contributed by atoms with Crippen molar-refractivity contribution in [2.75, 3.05) is 26.7 Å². The van der Waals surface area contributed by atoms with Crippen LogP contribution in [0.5, 0.6) is 0 Å². The van der Waals surface area contributed by atoms with E-state index in [0.29, 0.717) is 0 Å². The average Bonchev–Trinajstić information content (AvgIpc) is 1.97. The van der Waals surface area contributed by atoms with Gasteiger partial charge in [-0.25, -0.2) is 0 Å². The summed E-state index contributed by atoms with van der Waals surface area (Å²) in [6.07, 6.45) is 2.41. The van der Waals surface area contributed by atoms with Crippen molar-refractivity contribution in [2.24, 2.45) is 11.7 Å². The van der Waals surface area contributed by atoms with Crippen LogP contribution in [-0.2, 0) is 0 Å². The molecular weight excluding hydrogens is 136 g/mol. The zero-order chi connectivity index (χ0) is 8.69. The van der Waals surface area contributed by atoms with Gasteiger partial charge in [0.2, 0.25) is 0 Å². The monoisotopic (exact) mass is 158 g/mol. The molecule has 0 atom stereocenters. The molecule has 0 unspecified atom stereocenters. The molecule has 0 aliphatic heterocycles. The fourth-order valence-electron chi connectivity index (χ4n) is 0.952. The second-order valence-electron chi connectivity index (χ2n) is 3.63. The molecule has 0 amide bonds. The highest BCUT2D eigenvalue weighted by molar-refractivity contribution is 4.54. The Kier molecular flexibility index (Phi) is 6.57. The highest BCUT2D eigenvalue weighted by Crippen LogP contribution is 2.00. The predicted octanol–water partition coefficient (Wildman–Crippen LogP) is 1.31. The van der Waals surface area contributed by atoms with Gasteiger partial charge in [-0.3, -0.25) is 0 Å². The van der Waals surface area contributed by atoms with Crippen molar-refractivity contribution in [2.45, 2.75) is 26.7 Å². The fourth-order valence-corrected chi connectivity index (χ4v) is 0.952. The quantitative estimate of drug-likeness (QED) is 0.631. The van der Waals surface area contributed by atoms with Crippen LogP contribution in [0.15, 0.2) is 0 Å². The van der Waals surface area contributed by atoms with Crippen LogP contribution < -0.4 is 5.73 Å². The number of hydrogen-bond acceptors (Lipinski definition) is 2. The molecule has 2 heteroatoms. The van der Waals surface area contributed by atoms with Crippen molar-refractivity contribution >= 4 is 0 Å². The van der Waals surface area contributed by atoms with Crippen LogP contribution in [0.25, 0.3) is 0 Å². The van der Waals surface area contributed by atoms with Crippen molar-refractivity contribution in [3.8, 4) is 0 Å². The maximum atomic E-state index is 5.41. The maximum absolute atomic E-state index is 5.41. The topological polar surface area (TPSA) is 29.3 Å². The molecule has 2 nitrogen and oxygen atoms in total. The van der Waals surface area contributed by atoms with Crippen LogP contribution in [0.2, 0.25) is 0 Å². The number of hydrogen-bond donors (Lipinski definition) is 1. The van der Waals surface area contributed by atoms with Gasteiger partial charge in [-0.2, -0.15) is 0 Å². The molecular formula is C9H22N2. The molecule has 0 aliphatic carbocycles. The van der Waals surface area contributed by atoms with Gasteiger partial charge in [0.25, 0.3) is 0 Å². The summed E-state index contributed by atoms with van der Waals surface area (Å²) in [7, 11) is 2.16.